The van der Waals surface area contributed by atoms with Gasteiger partial charge in [-0.3, -0.25) is 9.59 Å². The van der Waals surface area contributed by atoms with Crippen LogP contribution in [0.4, 0.5) is 17.1 Å². The van der Waals surface area contributed by atoms with Crippen LogP contribution in [0, 0.1) is 0 Å². The van der Waals surface area contributed by atoms with Gasteiger partial charge in [0.25, 0.3) is 5.91 Å². The maximum atomic E-state index is 12.0. The van der Waals surface area contributed by atoms with E-state index in [-0.39, 0.29) is 11.7 Å². The quantitative estimate of drug-likeness (QED) is 0.738. The molecule has 0 spiro atoms. The van der Waals surface area contributed by atoms with Crippen molar-refractivity contribution in [1.29, 1.82) is 0 Å². The lowest BCUT2D eigenvalue weighted by Crippen LogP contribution is -2.26. The normalized spacial score (nSPS) is 15.4. The lowest BCUT2D eigenvalue weighted by Gasteiger charge is -2.16. The fraction of sp³-hybridized carbons (Fsp3) is 0.200. The number of anilines is 3. The maximum Gasteiger partial charge on any atom is 0.291 e. The molecule has 1 aliphatic rings. The number of nitrogens with one attached hydrogen (secondary N) is 2. The zero-order valence-corrected chi connectivity index (χ0v) is 11.7. The largest absolute Gasteiger partial charge is 0.459 e. The molecule has 21 heavy (non-hydrogen) atoms. The minimum absolute atomic E-state index is 0.0913. The molecular formula is C15H15N3O3. The molecule has 1 aliphatic heterocycles. The topological polar surface area (TPSA) is 97.4 Å². The van der Waals surface area contributed by atoms with Crippen LogP contribution in [0.1, 0.15) is 30.0 Å². The van der Waals surface area contributed by atoms with Crippen LogP contribution in [-0.4, -0.2) is 11.8 Å². The van der Waals surface area contributed by atoms with Gasteiger partial charge in [-0.1, -0.05) is 0 Å². The third-order valence-corrected chi connectivity index (χ3v) is 3.67. The molecule has 4 N–H and O–H groups in total. The predicted molar refractivity (Wildman–Crippen MR) is 79.2 cm³/mol. The molecule has 1 aromatic heterocycles. The molecule has 2 amide bonds. The second-order valence-corrected chi connectivity index (χ2v) is 5.50. The summed E-state index contributed by atoms with van der Waals surface area (Å²) in [4.78, 5) is 23.9. The Kier molecular flexibility index (Phi) is 2.76. The molecule has 0 atom stereocenters. The van der Waals surface area contributed by atoms with Gasteiger partial charge in [-0.25, -0.2) is 0 Å². The number of carbonyl (C=O) groups excluding carboxylic acids is 2. The first-order chi connectivity index (χ1) is 9.89. The molecule has 0 radical (unpaired) electrons. The van der Waals surface area contributed by atoms with Gasteiger partial charge in [0.05, 0.1) is 23.1 Å². The number of nitrogens with two attached hydrogens (primary N) is 1. The van der Waals surface area contributed by atoms with Gasteiger partial charge >= 0.3 is 0 Å². The van der Waals surface area contributed by atoms with Gasteiger partial charge in [0, 0.05) is 5.69 Å². The maximum absolute atomic E-state index is 12.0. The average Bonchev–Trinajstić information content (AvgIpc) is 3.01. The van der Waals surface area contributed by atoms with Crippen LogP contribution >= 0.6 is 0 Å². The van der Waals surface area contributed by atoms with E-state index in [1.165, 1.54) is 6.26 Å². The Morgan fingerprint density at radius 3 is 2.81 bits per heavy atom. The number of hydrogen-bond donors (Lipinski definition) is 3. The number of rotatable bonds is 2. The minimum Gasteiger partial charge on any atom is -0.459 e. The van der Waals surface area contributed by atoms with Crippen LogP contribution in [0.3, 0.4) is 0 Å². The molecule has 0 unspecified atom stereocenters. The van der Waals surface area contributed by atoms with E-state index in [2.05, 4.69) is 10.6 Å². The average molecular weight is 285 g/mol. The second-order valence-electron chi connectivity index (χ2n) is 5.50. The lowest BCUT2D eigenvalue weighted by molar-refractivity contribution is -0.119. The van der Waals surface area contributed by atoms with Gasteiger partial charge in [-0.05, 0) is 43.7 Å². The van der Waals surface area contributed by atoms with E-state index in [9.17, 15) is 9.59 Å². The first-order valence-electron chi connectivity index (χ1n) is 6.50. The Balaban J connectivity index is 1.94. The Morgan fingerprint density at radius 2 is 2.14 bits per heavy atom. The summed E-state index contributed by atoms with van der Waals surface area (Å²) in [7, 11) is 0. The standard InChI is InChI=1S/C15H15N3O3/c1-15(2)8-6-9(16)11(7-10(8)18-14(15)20)17-13(19)12-4-3-5-21-12/h3-7H,16H2,1-2H3,(H,17,19)(H,18,20). The van der Waals surface area contributed by atoms with Crippen molar-refractivity contribution in [3.63, 3.8) is 0 Å². The molecular weight excluding hydrogens is 270 g/mol. The fourth-order valence-corrected chi connectivity index (χ4v) is 2.34. The molecule has 6 nitrogen and oxygen atoms in total. The summed E-state index contributed by atoms with van der Waals surface area (Å²) >= 11 is 0. The number of nitrogen functional groups attached to an aromatic ring is 1. The zero-order chi connectivity index (χ0) is 15.2. The molecule has 2 aromatic rings. The molecule has 0 fully saturated rings. The van der Waals surface area contributed by atoms with Crippen molar-refractivity contribution < 1.29 is 14.0 Å². The highest BCUT2D eigenvalue weighted by atomic mass is 16.3. The molecule has 0 aliphatic carbocycles. The van der Waals surface area contributed by atoms with E-state index < -0.39 is 11.3 Å². The third-order valence-electron chi connectivity index (χ3n) is 3.67. The monoisotopic (exact) mass is 285 g/mol. The molecule has 0 saturated carbocycles. The molecule has 3 rings (SSSR count). The first-order valence-corrected chi connectivity index (χ1v) is 6.50. The number of hydrogen-bond acceptors (Lipinski definition) is 4. The van der Waals surface area contributed by atoms with Crippen LogP contribution in [-0.2, 0) is 10.2 Å². The van der Waals surface area contributed by atoms with Crippen LogP contribution in [0.5, 0.6) is 0 Å². The van der Waals surface area contributed by atoms with Crippen molar-refractivity contribution >= 4 is 28.9 Å². The van der Waals surface area contributed by atoms with Gasteiger partial charge in [-0.2, -0.15) is 0 Å². The smallest absolute Gasteiger partial charge is 0.291 e. The van der Waals surface area contributed by atoms with Gasteiger partial charge in [-0.15, -0.1) is 0 Å². The van der Waals surface area contributed by atoms with Crippen molar-refractivity contribution in [3.8, 4) is 0 Å². The zero-order valence-electron chi connectivity index (χ0n) is 11.7. The van der Waals surface area contributed by atoms with E-state index in [0.29, 0.717) is 17.1 Å². The van der Waals surface area contributed by atoms with Crippen molar-refractivity contribution in [1.82, 2.24) is 0 Å². The first kappa shape index (κ1) is 13.2. The van der Waals surface area contributed by atoms with Crippen molar-refractivity contribution in [2.75, 3.05) is 16.4 Å². The van der Waals surface area contributed by atoms with Gasteiger partial charge in [0.2, 0.25) is 5.91 Å². The number of amides is 2. The molecule has 108 valence electrons. The molecule has 0 bridgehead atoms. The molecule has 0 saturated heterocycles. The summed E-state index contributed by atoms with van der Waals surface area (Å²) in [5.74, 6) is -0.291. The van der Waals surface area contributed by atoms with Gasteiger partial charge in [0.1, 0.15) is 0 Å². The fourth-order valence-electron chi connectivity index (χ4n) is 2.34. The summed E-state index contributed by atoms with van der Waals surface area (Å²) in [5, 5.41) is 5.47. The summed E-state index contributed by atoms with van der Waals surface area (Å²) in [6, 6.07) is 6.57. The van der Waals surface area contributed by atoms with Crippen LogP contribution in [0.2, 0.25) is 0 Å². The Labute approximate surface area is 121 Å². The SMILES string of the molecule is CC1(C)C(=O)Nc2cc(NC(=O)c3ccco3)c(N)cc21. The second kappa shape index (κ2) is 4.37. The van der Waals surface area contributed by atoms with E-state index in [4.69, 9.17) is 10.2 Å². The Bertz CT molecular complexity index is 733. The van der Waals surface area contributed by atoms with Crippen molar-refractivity contribution in [2.24, 2.45) is 0 Å². The molecule has 2 heterocycles. The van der Waals surface area contributed by atoms with E-state index in [1.807, 2.05) is 13.8 Å². The lowest BCUT2D eigenvalue weighted by atomic mass is 9.86. The highest BCUT2D eigenvalue weighted by molar-refractivity contribution is 6.09. The third kappa shape index (κ3) is 2.05. The highest BCUT2D eigenvalue weighted by Crippen LogP contribution is 2.41. The van der Waals surface area contributed by atoms with Crippen LogP contribution in [0.15, 0.2) is 34.9 Å². The number of furan rings is 1. The van der Waals surface area contributed by atoms with E-state index in [0.717, 1.165) is 5.56 Å². The van der Waals surface area contributed by atoms with Crippen LogP contribution in [0.25, 0.3) is 0 Å². The van der Waals surface area contributed by atoms with Gasteiger partial charge < -0.3 is 20.8 Å². The van der Waals surface area contributed by atoms with E-state index in [1.54, 1.807) is 24.3 Å². The van der Waals surface area contributed by atoms with E-state index >= 15 is 0 Å². The van der Waals surface area contributed by atoms with Crippen LogP contribution < -0.4 is 16.4 Å². The predicted octanol–water partition coefficient (Wildman–Crippen LogP) is 2.34. The summed E-state index contributed by atoms with van der Waals surface area (Å²) < 4.78 is 5.03. The Morgan fingerprint density at radius 1 is 1.38 bits per heavy atom. The van der Waals surface area contributed by atoms with Gasteiger partial charge in [0.15, 0.2) is 5.76 Å². The number of benzene rings is 1. The summed E-state index contributed by atoms with van der Waals surface area (Å²) in [6.07, 6.45) is 1.42. The van der Waals surface area contributed by atoms with Crippen molar-refractivity contribution in [3.05, 3.63) is 41.9 Å². The minimum atomic E-state index is -0.632. The summed E-state index contributed by atoms with van der Waals surface area (Å²) in [5.41, 5.74) is 7.67. The van der Waals surface area contributed by atoms with Crippen molar-refractivity contribution in [2.45, 2.75) is 19.3 Å². The Hall–Kier alpha value is -2.76. The molecule has 1 aromatic carbocycles. The summed E-state index contributed by atoms with van der Waals surface area (Å²) in [6.45, 7) is 3.66. The number of fused-ring (bicyclic) bond motifs is 1. The number of carbonyl (C=O) groups is 2. The molecule has 6 heteroatoms. The highest BCUT2D eigenvalue weighted by Gasteiger charge is 2.38.